The summed E-state index contributed by atoms with van der Waals surface area (Å²) in [6.45, 7) is 4.51. The quantitative estimate of drug-likeness (QED) is 0.440. The van der Waals surface area contributed by atoms with Crippen molar-refractivity contribution >= 4 is 40.0 Å². The van der Waals surface area contributed by atoms with Crippen molar-refractivity contribution in [2.24, 2.45) is 5.73 Å². The Morgan fingerprint density at radius 3 is 2.78 bits per heavy atom. The van der Waals surface area contributed by atoms with Crippen LogP contribution >= 0.6 is 22.9 Å². The van der Waals surface area contributed by atoms with E-state index in [0.717, 1.165) is 29.1 Å². The molecule has 0 radical (unpaired) electrons. The van der Waals surface area contributed by atoms with E-state index in [2.05, 4.69) is 21.9 Å². The van der Waals surface area contributed by atoms with Gasteiger partial charge in [0.2, 0.25) is 11.8 Å². The zero-order chi connectivity index (χ0) is 22.5. The molecule has 1 saturated carbocycles. The van der Waals surface area contributed by atoms with Crippen molar-refractivity contribution in [1.29, 1.82) is 0 Å². The molecule has 0 spiro atoms. The van der Waals surface area contributed by atoms with Crippen molar-refractivity contribution in [2.75, 3.05) is 0 Å². The summed E-state index contributed by atoms with van der Waals surface area (Å²) >= 11 is 8.22. The Morgan fingerprint density at radius 2 is 2.12 bits per heavy atom. The van der Waals surface area contributed by atoms with E-state index in [9.17, 15) is 4.79 Å². The summed E-state index contributed by atoms with van der Waals surface area (Å²) in [5, 5.41) is 3.48. The zero-order valence-electron chi connectivity index (χ0n) is 17.6. The molecule has 1 aliphatic rings. The van der Waals surface area contributed by atoms with Crippen LogP contribution in [0.4, 0.5) is 0 Å². The van der Waals surface area contributed by atoms with Crippen molar-refractivity contribution in [1.82, 2.24) is 24.5 Å². The van der Waals surface area contributed by atoms with E-state index >= 15 is 0 Å². The molecule has 1 aromatic carbocycles. The monoisotopic (exact) mass is 468 g/mol. The van der Waals surface area contributed by atoms with Crippen molar-refractivity contribution < 1.29 is 9.53 Å². The Hall–Kier alpha value is -3.04. The van der Waals surface area contributed by atoms with Crippen LogP contribution in [0, 0.1) is 6.92 Å². The molecular weight excluding hydrogens is 448 g/mol. The number of halogens is 1. The summed E-state index contributed by atoms with van der Waals surface area (Å²) in [4.78, 5) is 29.6. The summed E-state index contributed by atoms with van der Waals surface area (Å²) in [5.74, 6) is 0.684. The second kappa shape index (κ2) is 7.83. The summed E-state index contributed by atoms with van der Waals surface area (Å²) < 4.78 is 8.13. The number of benzene rings is 1. The molecular formula is C22H21ClN6O2S. The van der Waals surface area contributed by atoms with Gasteiger partial charge in [0.1, 0.15) is 17.8 Å². The Bertz CT molecular complexity index is 1340. The first kappa shape index (κ1) is 20.8. The fourth-order valence-corrected chi connectivity index (χ4v) is 4.44. The van der Waals surface area contributed by atoms with Crippen LogP contribution in [0.25, 0.3) is 22.6 Å². The molecule has 3 heterocycles. The van der Waals surface area contributed by atoms with E-state index in [-0.39, 0.29) is 12.0 Å². The standard InChI is InChI=1S/C22H21ClN6O2S/c1-12-27-14(10-32-12)9-29-19(15-4-3-13(7-16(15)23)8-17(24)30)28-18-20(29)25-11-26-21(18)31-22(2)5-6-22/h3-4,7,10-11H,5-6,8-9H2,1-2H3,(H2,24,30). The van der Waals surface area contributed by atoms with Crippen LogP contribution in [0.3, 0.4) is 0 Å². The number of imidazole rings is 1. The van der Waals surface area contributed by atoms with Crippen molar-refractivity contribution in [3.8, 4) is 17.3 Å². The molecule has 5 rings (SSSR count). The normalized spacial score (nSPS) is 14.6. The molecule has 1 amide bonds. The molecule has 0 bridgehead atoms. The molecule has 32 heavy (non-hydrogen) atoms. The molecule has 164 valence electrons. The molecule has 0 saturated heterocycles. The van der Waals surface area contributed by atoms with Gasteiger partial charge in [-0.15, -0.1) is 11.3 Å². The Kier molecular flexibility index (Phi) is 5.10. The number of amides is 1. The van der Waals surface area contributed by atoms with Gasteiger partial charge in [-0.3, -0.25) is 4.79 Å². The smallest absolute Gasteiger partial charge is 0.245 e. The van der Waals surface area contributed by atoms with Gasteiger partial charge in [-0.1, -0.05) is 17.7 Å². The molecule has 1 aliphatic carbocycles. The number of aryl methyl sites for hydroxylation is 1. The van der Waals surface area contributed by atoms with Crippen LogP contribution in [-0.4, -0.2) is 36.0 Å². The lowest BCUT2D eigenvalue weighted by molar-refractivity contribution is -0.117. The number of aromatic nitrogens is 5. The number of nitrogens with two attached hydrogens (primary N) is 1. The fourth-order valence-electron chi connectivity index (χ4n) is 3.55. The number of ether oxygens (including phenoxy) is 1. The predicted molar refractivity (Wildman–Crippen MR) is 123 cm³/mol. The highest BCUT2D eigenvalue weighted by molar-refractivity contribution is 7.09. The van der Waals surface area contributed by atoms with Gasteiger partial charge >= 0.3 is 0 Å². The lowest BCUT2D eigenvalue weighted by Crippen LogP contribution is -2.13. The first-order chi connectivity index (χ1) is 15.3. The number of nitrogens with zero attached hydrogens (tertiary/aromatic N) is 5. The topological polar surface area (TPSA) is 109 Å². The van der Waals surface area contributed by atoms with E-state index in [4.69, 9.17) is 27.1 Å². The average Bonchev–Trinajstić information content (AvgIpc) is 3.14. The Labute approximate surface area is 193 Å². The summed E-state index contributed by atoms with van der Waals surface area (Å²) in [7, 11) is 0. The maximum absolute atomic E-state index is 11.3. The van der Waals surface area contributed by atoms with E-state index < -0.39 is 5.91 Å². The van der Waals surface area contributed by atoms with Gasteiger partial charge in [0.05, 0.1) is 28.7 Å². The fraction of sp³-hybridized carbons (Fsp3) is 0.318. The van der Waals surface area contributed by atoms with Crippen LogP contribution in [0.5, 0.6) is 5.88 Å². The van der Waals surface area contributed by atoms with Crippen molar-refractivity contribution in [2.45, 2.75) is 45.3 Å². The maximum Gasteiger partial charge on any atom is 0.245 e. The highest BCUT2D eigenvalue weighted by atomic mass is 35.5. The number of fused-ring (bicyclic) bond motifs is 1. The SMILES string of the molecule is Cc1nc(Cn2c(-c3ccc(CC(N)=O)cc3Cl)nc3c(OC4(C)CC4)ncnc32)cs1. The molecule has 4 aromatic rings. The van der Waals surface area contributed by atoms with Crippen LogP contribution in [-0.2, 0) is 17.8 Å². The van der Waals surface area contributed by atoms with Gasteiger partial charge in [0, 0.05) is 10.9 Å². The minimum Gasteiger partial charge on any atom is -0.470 e. The van der Waals surface area contributed by atoms with Crippen LogP contribution in [0.15, 0.2) is 29.9 Å². The first-order valence-corrected chi connectivity index (χ1v) is 11.5. The van der Waals surface area contributed by atoms with Gasteiger partial charge < -0.3 is 15.0 Å². The number of thiazole rings is 1. The van der Waals surface area contributed by atoms with Gasteiger partial charge in [-0.25, -0.2) is 15.0 Å². The number of primary amides is 1. The molecule has 8 nitrogen and oxygen atoms in total. The van der Waals surface area contributed by atoms with E-state index in [0.29, 0.717) is 40.0 Å². The van der Waals surface area contributed by atoms with Crippen LogP contribution in [0.1, 0.15) is 36.0 Å². The Balaban J connectivity index is 1.65. The first-order valence-electron chi connectivity index (χ1n) is 10.2. The number of rotatable bonds is 7. The average molecular weight is 469 g/mol. The molecule has 3 aromatic heterocycles. The van der Waals surface area contributed by atoms with Crippen molar-refractivity contribution in [3.05, 3.63) is 51.2 Å². The van der Waals surface area contributed by atoms with Gasteiger partial charge in [0.15, 0.2) is 11.2 Å². The molecule has 0 aliphatic heterocycles. The second-order valence-corrected chi connectivity index (χ2v) is 9.71. The Morgan fingerprint density at radius 1 is 1.31 bits per heavy atom. The molecule has 2 N–H and O–H groups in total. The van der Waals surface area contributed by atoms with E-state index in [1.807, 2.05) is 29.0 Å². The maximum atomic E-state index is 11.3. The van der Waals surface area contributed by atoms with Gasteiger partial charge in [-0.2, -0.15) is 4.98 Å². The lowest BCUT2D eigenvalue weighted by atomic mass is 10.1. The summed E-state index contributed by atoms with van der Waals surface area (Å²) in [6, 6.07) is 5.42. The lowest BCUT2D eigenvalue weighted by Gasteiger charge is -2.11. The molecule has 1 fully saturated rings. The third-order valence-electron chi connectivity index (χ3n) is 5.44. The zero-order valence-corrected chi connectivity index (χ0v) is 19.2. The minimum absolute atomic E-state index is 0.122. The van der Waals surface area contributed by atoms with E-state index in [1.165, 1.54) is 6.33 Å². The summed E-state index contributed by atoms with van der Waals surface area (Å²) in [6.07, 6.45) is 3.58. The summed E-state index contributed by atoms with van der Waals surface area (Å²) in [5.41, 5.74) is 8.72. The van der Waals surface area contributed by atoms with Gasteiger partial charge in [0.25, 0.3) is 0 Å². The second-order valence-electron chi connectivity index (χ2n) is 8.24. The van der Waals surface area contributed by atoms with Crippen LogP contribution in [0.2, 0.25) is 5.02 Å². The van der Waals surface area contributed by atoms with Crippen LogP contribution < -0.4 is 10.5 Å². The third kappa shape index (κ3) is 4.05. The minimum atomic E-state index is -0.411. The highest BCUT2D eigenvalue weighted by Crippen LogP contribution is 2.41. The molecule has 0 atom stereocenters. The third-order valence-corrected chi connectivity index (χ3v) is 6.57. The number of carbonyl (C=O) groups excluding carboxylic acids is 1. The largest absolute Gasteiger partial charge is 0.470 e. The molecule has 10 heteroatoms. The van der Waals surface area contributed by atoms with Crippen molar-refractivity contribution in [3.63, 3.8) is 0 Å². The highest BCUT2D eigenvalue weighted by Gasteiger charge is 2.41. The van der Waals surface area contributed by atoms with E-state index in [1.54, 1.807) is 17.4 Å². The number of hydrogen-bond acceptors (Lipinski definition) is 7. The molecule has 0 unspecified atom stereocenters. The van der Waals surface area contributed by atoms with Gasteiger partial charge in [-0.05, 0) is 44.4 Å². The number of hydrogen-bond donors (Lipinski definition) is 1. The number of carbonyl (C=O) groups is 1. The predicted octanol–water partition coefficient (Wildman–Crippen LogP) is 3.92.